The number of anilines is 2. The highest BCUT2D eigenvalue weighted by Gasteiger charge is 2.04. The molecule has 1 aromatic heterocycles. The molecule has 0 saturated heterocycles. The van der Waals surface area contributed by atoms with Gasteiger partial charge in [-0.15, -0.1) is 0 Å². The summed E-state index contributed by atoms with van der Waals surface area (Å²) in [6, 6.07) is 5.99. The Labute approximate surface area is 95.1 Å². The van der Waals surface area contributed by atoms with Crippen molar-refractivity contribution in [3.8, 4) is 0 Å². The Morgan fingerprint density at radius 1 is 1.36 bits per heavy atom. The molecule has 0 aliphatic carbocycles. The molecule has 2 aromatic rings. The van der Waals surface area contributed by atoms with Crippen LogP contribution < -0.4 is 11.1 Å². The van der Waals surface area contributed by atoms with E-state index in [0.29, 0.717) is 5.95 Å². The normalized spacial score (nSPS) is 10.4. The van der Waals surface area contributed by atoms with Gasteiger partial charge in [0.05, 0.1) is 5.52 Å². The Balaban J connectivity index is 2.81. The average molecular weight is 300 g/mol. The van der Waals surface area contributed by atoms with E-state index in [1.165, 1.54) is 0 Å². The molecule has 4 nitrogen and oxygen atoms in total. The molecular formula is C9H9IN4. The molecule has 14 heavy (non-hydrogen) atoms. The van der Waals surface area contributed by atoms with Crippen LogP contribution in [-0.4, -0.2) is 17.0 Å². The summed E-state index contributed by atoms with van der Waals surface area (Å²) in [5.74, 6) is 1.06. The maximum Gasteiger partial charge on any atom is 0.222 e. The van der Waals surface area contributed by atoms with Gasteiger partial charge in [0.15, 0.2) is 0 Å². The second-order valence-electron chi connectivity index (χ2n) is 2.84. The zero-order valence-corrected chi connectivity index (χ0v) is 9.74. The summed E-state index contributed by atoms with van der Waals surface area (Å²) in [4.78, 5) is 8.27. The van der Waals surface area contributed by atoms with E-state index < -0.39 is 0 Å². The largest absolute Gasteiger partial charge is 0.372 e. The lowest BCUT2D eigenvalue weighted by Crippen LogP contribution is -2.01. The van der Waals surface area contributed by atoms with E-state index >= 15 is 0 Å². The highest BCUT2D eigenvalue weighted by atomic mass is 127. The van der Waals surface area contributed by atoms with Gasteiger partial charge in [-0.1, -0.05) is 0 Å². The van der Waals surface area contributed by atoms with Crippen molar-refractivity contribution >= 4 is 45.3 Å². The third-order valence-electron chi connectivity index (χ3n) is 1.91. The standard InChI is InChI=1S/C9H9IN4/c1-12-8-6-3-2-5(10)4-7(6)13-9(11)14-8/h2-4H,1H3,(H3,11,12,13,14). The maximum atomic E-state index is 5.59. The minimum atomic E-state index is 0.295. The van der Waals surface area contributed by atoms with Crippen LogP contribution in [0.5, 0.6) is 0 Å². The molecule has 0 fully saturated rings. The Morgan fingerprint density at radius 3 is 2.86 bits per heavy atom. The number of rotatable bonds is 1. The molecule has 1 heterocycles. The van der Waals surface area contributed by atoms with Crippen molar-refractivity contribution in [3.63, 3.8) is 0 Å². The highest BCUT2D eigenvalue weighted by Crippen LogP contribution is 2.22. The lowest BCUT2D eigenvalue weighted by Gasteiger charge is -2.05. The van der Waals surface area contributed by atoms with Crippen LogP contribution in [0.15, 0.2) is 18.2 Å². The van der Waals surface area contributed by atoms with Crippen LogP contribution in [-0.2, 0) is 0 Å². The predicted molar refractivity (Wildman–Crippen MR) is 66.2 cm³/mol. The summed E-state index contributed by atoms with van der Waals surface area (Å²) in [5.41, 5.74) is 6.45. The summed E-state index contributed by atoms with van der Waals surface area (Å²) in [5, 5.41) is 3.98. The van der Waals surface area contributed by atoms with E-state index in [-0.39, 0.29) is 0 Å². The molecule has 0 amide bonds. The SMILES string of the molecule is CNc1nc(N)nc2cc(I)ccc12. The van der Waals surface area contributed by atoms with Crippen LogP contribution >= 0.6 is 22.6 Å². The molecule has 2 rings (SSSR count). The fourth-order valence-electron chi connectivity index (χ4n) is 1.31. The van der Waals surface area contributed by atoms with Gasteiger partial charge in [0, 0.05) is 16.0 Å². The fraction of sp³-hybridized carbons (Fsp3) is 0.111. The second-order valence-corrected chi connectivity index (χ2v) is 4.09. The Bertz CT molecular complexity index is 478. The van der Waals surface area contributed by atoms with E-state index in [2.05, 4.69) is 37.9 Å². The molecule has 0 atom stereocenters. The molecule has 5 heteroatoms. The van der Waals surface area contributed by atoms with Crippen molar-refractivity contribution in [1.29, 1.82) is 0 Å². The lowest BCUT2D eigenvalue weighted by atomic mass is 10.2. The number of nitrogens with two attached hydrogens (primary N) is 1. The number of benzene rings is 1. The highest BCUT2D eigenvalue weighted by molar-refractivity contribution is 14.1. The van der Waals surface area contributed by atoms with Gasteiger partial charge < -0.3 is 11.1 Å². The first kappa shape index (κ1) is 9.45. The quantitative estimate of drug-likeness (QED) is 0.789. The summed E-state index contributed by atoms with van der Waals surface area (Å²) in [6.45, 7) is 0. The molecule has 0 saturated carbocycles. The van der Waals surface area contributed by atoms with Gasteiger partial charge in [-0.25, -0.2) is 4.98 Å². The van der Waals surface area contributed by atoms with Crippen LogP contribution in [0.3, 0.4) is 0 Å². The van der Waals surface area contributed by atoms with E-state index in [1.54, 1.807) is 0 Å². The first-order valence-corrected chi connectivity index (χ1v) is 5.19. The van der Waals surface area contributed by atoms with Crippen molar-refractivity contribution in [2.24, 2.45) is 0 Å². The number of nitrogens with one attached hydrogen (secondary N) is 1. The maximum absolute atomic E-state index is 5.59. The summed E-state index contributed by atoms with van der Waals surface area (Å²) in [7, 11) is 1.82. The Hall–Kier alpha value is -1.11. The van der Waals surface area contributed by atoms with Gasteiger partial charge in [0.2, 0.25) is 5.95 Å². The molecular weight excluding hydrogens is 291 g/mol. The molecule has 3 N–H and O–H groups in total. The van der Waals surface area contributed by atoms with E-state index in [1.807, 2.05) is 25.2 Å². The molecule has 0 bridgehead atoms. The molecule has 72 valence electrons. The van der Waals surface area contributed by atoms with Crippen LogP contribution in [0.1, 0.15) is 0 Å². The van der Waals surface area contributed by atoms with Gasteiger partial charge in [0.25, 0.3) is 0 Å². The van der Waals surface area contributed by atoms with Crippen LogP contribution in [0.25, 0.3) is 10.9 Å². The smallest absolute Gasteiger partial charge is 0.222 e. The summed E-state index contributed by atoms with van der Waals surface area (Å²) < 4.78 is 1.13. The molecule has 1 aromatic carbocycles. The molecule has 0 unspecified atom stereocenters. The third-order valence-corrected chi connectivity index (χ3v) is 2.58. The van der Waals surface area contributed by atoms with Crippen molar-refractivity contribution < 1.29 is 0 Å². The van der Waals surface area contributed by atoms with E-state index in [4.69, 9.17) is 5.73 Å². The van der Waals surface area contributed by atoms with Gasteiger partial charge in [-0.3, -0.25) is 0 Å². The van der Waals surface area contributed by atoms with Crippen molar-refractivity contribution in [2.45, 2.75) is 0 Å². The lowest BCUT2D eigenvalue weighted by molar-refractivity contribution is 1.22. The van der Waals surface area contributed by atoms with Crippen LogP contribution in [0.2, 0.25) is 0 Å². The predicted octanol–water partition coefficient (Wildman–Crippen LogP) is 1.86. The number of fused-ring (bicyclic) bond motifs is 1. The topological polar surface area (TPSA) is 63.8 Å². The minimum Gasteiger partial charge on any atom is -0.372 e. The van der Waals surface area contributed by atoms with Crippen molar-refractivity contribution in [1.82, 2.24) is 9.97 Å². The van der Waals surface area contributed by atoms with Gasteiger partial charge in [-0.2, -0.15) is 4.98 Å². The first-order chi connectivity index (χ1) is 6.70. The monoisotopic (exact) mass is 300 g/mol. The number of halogens is 1. The Morgan fingerprint density at radius 2 is 2.14 bits per heavy atom. The van der Waals surface area contributed by atoms with Crippen LogP contribution in [0, 0.1) is 3.57 Å². The van der Waals surface area contributed by atoms with Gasteiger partial charge in [0.1, 0.15) is 5.82 Å². The number of hydrogen-bond donors (Lipinski definition) is 2. The molecule has 0 radical (unpaired) electrons. The number of nitrogens with zero attached hydrogens (tertiary/aromatic N) is 2. The first-order valence-electron chi connectivity index (χ1n) is 4.11. The molecule has 0 aliphatic rings. The zero-order chi connectivity index (χ0) is 10.1. The Kier molecular flexibility index (Phi) is 2.40. The number of hydrogen-bond acceptors (Lipinski definition) is 4. The number of aromatic nitrogens is 2. The average Bonchev–Trinajstić information content (AvgIpc) is 2.15. The summed E-state index contributed by atoms with van der Waals surface area (Å²) >= 11 is 2.24. The zero-order valence-electron chi connectivity index (χ0n) is 7.58. The molecule has 0 spiro atoms. The van der Waals surface area contributed by atoms with Gasteiger partial charge in [-0.05, 0) is 40.8 Å². The van der Waals surface area contributed by atoms with Crippen molar-refractivity contribution in [3.05, 3.63) is 21.8 Å². The van der Waals surface area contributed by atoms with Crippen molar-refractivity contribution in [2.75, 3.05) is 18.1 Å². The van der Waals surface area contributed by atoms with Crippen LogP contribution in [0.4, 0.5) is 11.8 Å². The minimum absolute atomic E-state index is 0.295. The molecule has 0 aliphatic heterocycles. The fourth-order valence-corrected chi connectivity index (χ4v) is 1.79. The number of nitrogen functional groups attached to an aromatic ring is 1. The third kappa shape index (κ3) is 1.59. The second kappa shape index (κ2) is 3.56. The van der Waals surface area contributed by atoms with E-state index in [0.717, 1.165) is 20.3 Å². The summed E-state index contributed by atoms with van der Waals surface area (Å²) in [6.07, 6.45) is 0. The van der Waals surface area contributed by atoms with E-state index in [9.17, 15) is 0 Å². The van der Waals surface area contributed by atoms with Gasteiger partial charge >= 0.3 is 0 Å².